The number of carbonyl (C=O) groups excluding carboxylic acids is 3. The van der Waals surface area contributed by atoms with Gasteiger partial charge in [-0.15, -0.1) is 0 Å². The summed E-state index contributed by atoms with van der Waals surface area (Å²) in [7, 11) is 0. The largest absolute Gasteiger partial charge is 0.504 e. The highest BCUT2D eigenvalue weighted by Crippen LogP contribution is 2.51. The molecule has 0 N–H and O–H groups in total. The molecule has 2 saturated carbocycles. The Balaban J connectivity index is 1.85. The zero-order chi connectivity index (χ0) is 21.1. The molecule has 0 aromatic carbocycles. The van der Waals surface area contributed by atoms with Crippen LogP contribution in [-0.4, -0.2) is 37.2 Å². The number of esters is 3. The van der Waals surface area contributed by atoms with Crippen molar-refractivity contribution in [1.29, 1.82) is 0 Å². The molecule has 2 aliphatic rings. The van der Waals surface area contributed by atoms with E-state index in [1.165, 1.54) is 0 Å². The summed E-state index contributed by atoms with van der Waals surface area (Å²) in [6.07, 6.45) is -0.422. The van der Waals surface area contributed by atoms with Crippen molar-refractivity contribution < 1.29 is 37.4 Å². The van der Waals surface area contributed by atoms with Crippen molar-refractivity contribution in [2.24, 2.45) is 29.1 Å². The van der Waals surface area contributed by atoms with Crippen LogP contribution in [0.5, 0.6) is 0 Å². The van der Waals surface area contributed by atoms with E-state index in [9.17, 15) is 23.2 Å². The maximum Gasteiger partial charge on any atom is 0.504 e. The van der Waals surface area contributed by atoms with Crippen molar-refractivity contribution in [2.75, 3.05) is 13.2 Å². The van der Waals surface area contributed by atoms with E-state index < -0.39 is 36.0 Å². The Morgan fingerprint density at radius 2 is 1.57 bits per heavy atom. The highest BCUT2D eigenvalue weighted by atomic mass is 19.3. The maximum atomic E-state index is 14.0. The molecule has 8 heteroatoms. The van der Waals surface area contributed by atoms with E-state index in [-0.39, 0.29) is 12.5 Å². The van der Waals surface area contributed by atoms with E-state index in [1.54, 1.807) is 20.8 Å². The zero-order valence-corrected chi connectivity index (χ0v) is 17.0. The Hall–Kier alpha value is -1.73. The summed E-state index contributed by atoms with van der Waals surface area (Å²) in [4.78, 5) is 35.3. The van der Waals surface area contributed by atoms with Crippen molar-refractivity contribution in [3.63, 3.8) is 0 Å². The van der Waals surface area contributed by atoms with E-state index in [0.717, 1.165) is 19.3 Å². The topological polar surface area (TPSA) is 78.9 Å². The Labute approximate surface area is 164 Å². The van der Waals surface area contributed by atoms with Crippen LogP contribution in [0.4, 0.5) is 8.78 Å². The van der Waals surface area contributed by atoms with Gasteiger partial charge in [0.05, 0.1) is 11.3 Å². The quantitative estimate of drug-likeness (QED) is 0.366. The summed E-state index contributed by atoms with van der Waals surface area (Å²) in [5, 5.41) is 0. The molecule has 2 unspecified atom stereocenters. The van der Waals surface area contributed by atoms with Crippen LogP contribution in [0, 0.1) is 29.1 Å². The summed E-state index contributed by atoms with van der Waals surface area (Å²) in [5.41, 5.74) is -1.02. The lowest BCUT2D eigenvalue weighted by atomic mass is 9.59. The van der Waals surface area contributed by atoms with Gasteiger partial charge in [0.2, 0.25) is 0 Å². The van der Waals surface area contributed by atoms with Gasteiger partial charge in [-0.1, -0.05) is 20.8 Å². The summed E-state index contributed by atoms with van der Waals surface area (Å²) in [6.45, 7) is 6.15. The van der Waals surface area contributed by atoms with E-state index in [1.807, 2.05) is 0 Å². The van der Waals surface area contributed by atoms with Gasteiger partial charge in [-0.2, -0.15) is 8.78 Å². The maximum absolute atomic E-state index is 14.0. The van der Waals surface area contributed by atoms with Crippen LogP contribution in [0.1, 0.15) is 59.8 Å². The fourth-order valence-corrected chi connectivity index (χ4v) is 4.56. The first-order chi connectivity index (χ1) is 12.9. The third-order valence-corrected chi connectivity index (χ3v) is 5.60. The van der Waals surface area contributed by atoms with Crippen molar-refractivity contribution in [3.05, 3.63) is 0 Å². The smallest absolute Gasteiger partial charge is 0.462 e. The zero-order valence-electron chi connectivity index (χ0n) is 17.0. The lowest BCUT2D eigenvalue weighted by Crippen LogP contribution is -2.46. The van der Waals surface area contributed by atoms with Gasteiger partial charge in [0, 0.05) is 0 Å². The molecule has 0 radical (unpaired) electrons. The van der Waals surface area contributed by atoms with Crippen LogP contribution in [0.3, 0.4) is 0 Å². The lowest BCUT2D eigenvalue weighted by Gasteiger charge is -2.45. The minimum Gasteiger partial charge on any atom is -0.462 e. The second-order valence-electron chi connectivity index (χ2n) is 8.88. The van der Waals surface area contributed by atoms with E-state index >= 15 is 0 Å². The number of fused-ring (bicyclic) bond motifs is 2. The van der Waals surface area contributed by atoms with Gasteiger partial charge in [-0.05, 0) is 56.8 Å². The second kappa shape index (κ2) is 8.74. The fourth-order valence-electron chi connectivity index (χ4n) is 4.56. The highest BCUT2D eigenvalue weighted by Gasteiger charge is 2.52. The van der Waals surface area contributed by atoms with Gasteiger partial charge in [-0.25, -0.2) is 4.79 Å². The van der Waals surface area contributed by atoms with Crippen LogP contribution in [0.25, 0.3) is 0 Å². The highest BCUT2D eigenvalue weighted by molar-refractivity contribution is 5.83. The minimum atomic E-state index is -4.37. The summed E-state index contributed by atoms with van der Waals surface area (Å²) in [5.74, 6) is -2.73. The molecule has 0 aromatic rings. The number of hydrogen-bond acceptors (Lipinski definition) is 6. The Kier molecular flexibility index (Phi) is 7.04. The predicted octanol–water partition coefficient (Wildman–Crippen LogP) is 3.72. The van der Waals surface area contributed by atoms with Gasteiger partial charge in [0.25, 0.3) is 0 Å². The summed E-state index contributed by atoms with van der Waals surface area (Å²) >= 11 is 0. The molecule has 2 rings (SSSR count). The van der Waals surface area contributed by atoms with Gasteiger partial charge < -0.3 is 14.2 Å². The molecule has 0 aromatic heterocycles. The van der Waals surface area contributed by atoms with Crippen LogP contribution in [-0.2, 0) is 28.6 Å². The molecule has 0 amide bonds. The standard InChI is InChI=1S/C20H30F2O6/c1-12(2)16(23)26-5-6-27-18(25)20(21,22)28-17(24)19(4)10-14-7-13(3)8-15(9-14)11-19/h12-15H,5-11H2,1-4H3. The Morgan fingerprint density at radius 3 is 2.11 bits per heavy atom. The molecular formula is C20H30F2O6. The normalized spacial score (nSPS) is 29.9. The van der Waals surface area contributed by atoms with Crippen molar-refractivity contribution in [3.8, 4) is 0 Å². The third kappa shape index (κ3) is 5.64. The summed E-state index contributed by atoms with van der Waals surface area (Å²) in [6, 6.07) is 0. The Morgan fingerprint density at radius 1 is 1.04 bits per heavy atom. The van der Waals surface area contributed by atoms with E-state index in [2.05, 4.69) is 16.4 Å². The third-order valence-electron chi connectivity index (χ3n) is 5.60. The first kappa shape index (κ1) is 22.6. The number of ether oxygens (including phenoxy) is 3. The SMILES string of the molecule is CC1CC2CC(C1)CC(C)(C(=O)OC(F)(F)C(=O)OCCOC(=O)C(C)C)C2. The average molecular weight is 404 g/mol. The van der Waals surface area contributed by atoms with Crippen molar-refractivity contribution >= 4 is 17.9 Å². The lowest BCUT2D eigenvalue weighted by molar-refractivity contribution is -0.252. The number of rotatable bonds is 7. The minimum absolute atomic E-state index is 0.316. The molecule has 28 heavy (non-hydrogen) atoms. The molecule has 2 aliphatic carbocycles. The monoisotopic (exact) mass is 404 g/mol. The average Bonchev–Trinajstić information content (AvgIpc) is 2.56. The fraction of sp³-hybridized carbons (Fsp3) is 0.850. The van der Waals surface area contributed by atoms with E-state index in [4.69, 9.17) is 4.74 Å². The van der Waals surface area contributed by atoms with Crippen molar-refractivity contribution in [2.45, 2.75) is 65.9 Å². The Bertz CT molecular complexity index is 586. The van der Waals surface area contributed by atoms with Gasteiger partial charge in [-0.3, -0.25) is 9.59 Å². The van der Waals surface area contributed by atoms with Crippen LogP contribution < -0.4 is 0 Å². The molecule has 2 bridgehead atoms. The molecule has 6 nitrogen and oxygen atoms in total. The predicted molar refractivity (Wildman–Crippen MR) is 95.1 cm³/mol. The second-order valence-corrected chi connectivity index (χ2v) is 8.88. The molecule has 2 fully saturated rings. The molecular weight excluding hydrogens is 374 g/mol. The van der Waals surface area contributed by atoms with Gasteiger partial charge >= 0.3 is 24.0 Å². The number of carbonyl (C=O) groups is 3. The molecule has 0 heterocycles. The molecule has 2 atom stereocenters. The molecule has 160 valence electrons. The first-order valence-electron chi connectivity index (χ1n) is 9.88. The van der Waals surface area contributed by atoms with E-state index in [0.29, 0.717) is 30.6 Å². The molecule has 0 saturated heterocycles. The van der Waals surface area contributed by atoms with Gasteiger partial charge in [0.1, 0.15) is 13.2 Å². The van der Waals surface area contributed by atoms with Crippen LogP contribution in [0.2, 0.25) is 0 Å². The number of alkyl halides is 2. The number of hydrogen-bond donors (Lipinski definition) is 0. The van der Waals surface area contributed by atoms with Crippen LogP contribution in [0.15, 0.2) is 0 Å². The molecule has 0 spiro atoms. The molecule has 0 aliphatic heterocycles. The van der Waals surface area contributed by atoms with Crippen molar-refractivity contribution in [1.82, 2.24) is 0 Å². The first-order valence-corrected chi connectivity index (χ1v) is 9.88. The number of halogens is 2. The van der Waals surface area contributed by atoms with Crippen LogP contribution >= 0.6 is 0 Å². The summed E-state index contributed by atoms with van der Waals surface area (Å²) < 4.78 is 41.5. The van der Waals surface area contributed by atoms with Gasteiger partial charge in [0.15, 0.2) is 0 Å².